The minimum absolute atomic E-state index is 0.0852. The van der Waals surface area contributed by atoms with Gasteiger partial charge in [-0.15, -0.1) is 0 Å². The lowest BCUT2D eigenvalue weighted by Gasteiger charge is -2.16. The molecule has 0 unspecified atom stereocenters. The highest BCUT2D eigenvalue weighted by Crippen LogP contribution is 2.17. The highest BCUT2D eigenvalue weighted by Gasteiger charge is 2.18. The molecule has 23 heavy (non-hydrogen) atoms. The van der Waals surface area contributed by atoms with Crippen molar-refractivity contribution in [2.24, 2.45) is 5.92 Å². The van der Waals surface area contributed by atoms with E-state index in [4.69, 9.17) is 11.6 Å². The Labute approximate surface area is 141 Å². The number of aromatic amines is 1. The Morgan fingerprint density at radius 1 is 1.35 bits per heavy atom. The molecule has 1 heterocycles. The average Bonchev–Trinajstić information content (AvgIpc) is 2.84. The Morgan fingerprint density at radius 2 is 2.00 bits per heavy atom. The molecule has 0 aliphatic rings. The molecule has 6 heteroatoms. The third kappa shape index (κ3) is 4.56. The van der Waals surface area contributed by atoms with E-state index in [9.17, 15) is 9.90 Å². The summed E-state index contributed by atoms with van der Waals surface area (Å²) in [5, 5.41) is 20.6. The van der Waals surface area contributed by atoms with Crippen molar-refractivity contribution in [1.29, 1.82) is 0 Å². The maximum Gasteiger partial charge on any atom is 0.223 e. The van der Waals surface area contributed by atoms with E-state index in [1.165, 1.54) is 0 Å². The molecule has 1 amide bonds. The van der Waals surface area contributed by atoms with Crippen molar-refractivity contribution < 1.29 is 9.90 Å². The molecule has 1 aromatic heterocycles. The number of carbonyl (C=O) groups is 1. The lowest BCUT2D eigenvalue weighted by Crippen LogP contribution is -2.33. The van der Waals surface area contributed by atoms with Crippen LogP contribution in [0.5, 0.6) is 0 Å². The molecule has 0 saturated carbocycles. The average molecular weight is 336 g/mol. The van der Waals surface area contributed by atoms with E-state index < -0.39 is 6.10 Å². The van der Waals surface area contributed by atoms with E-state index in [2.05, 4.69) is 15.5 Å². The maximum atomic E-state index is 12.2. The molecule has 0 aliphatic heterocycles. The van der Waals surface area contributed by atoms with Gasteiger partial charge >= 0.3 is 0 Å². The van der Waals surface area contributed by atoms with Gasteiger partial charge in [-0.25, -0.2) is 0 Å². The van der Waals surface area contributed by atoms with E-state index >= 15 is 0 Å². The first kappa shape index (κ1) is 17.5. The number of nitrogens with one attached hydrogen (secondary N) is 2. The number of H-pyrrole nitrogens is 1. The standard InChI is InChI=1S/C17H22ClN3O2/c1-10(8-15-11(2)20-21-12(15)3)17(23)19-9-16(22)13-4-6-14(18)7-5-13/h4-7,10,16,22H,8-9H2,1-3H3,(H,19,23)(H,20,21)/t10-,16-/m0/s1. The first-order valence-corrected chi connectivity index (χ1v) is 7.98. The van der Waals surface area contributed by atoms with Gasteiger partial charge in [0.15, 0.2) is 0 Å². The molecule has 0 radical (unpaired) electrons. The fraction of sp³-hybridized carbons (Fsp3) is 0.412. The number of hydrogen-bond donors (Lipinski definition) is 3. The lowest BCUT2D eigenvalue weighted by atomic mass is 9.99. The van der Waals surface area contributed by atoms with Gasteiger partial charge in [-0.1, -0.05) is 30.7 Å². The van der Waals surface area contributed by atoms with Crippen LogP contribution in [0.2, 0.25) is 5.02 Å². The van der Waals surface area contributed by atoms with Gasteiger partial charge in [-0.05, 0) is 43.5 Å². The molecular weight excluding hydrogens is 314 g/mol. The van der Waals surface area contributed by atoms with E-state index in [-0.39, 0.29) is 18.4 Å². The molecule has 5 nitrogen and oxygen atoms in total. The number of aliphatic hydroxyl groups excluding tert-OH is 1. The monoisotopic (exact) mass is 335 g/mol. The number of halogens is 1. The van der Waals surface area contributed by atoms with E-state index in [1.54, 1.807) is 24.3 Å². The van der Waals surface area contributed by atoms with Gasteiger partial charge < -0.3 is 10.4 Å². The van der Waals surface area contributed by atoms with Crippen molar-refractivity contribution in [1.82, 2.24) is 15.5 Å². The third-order valence-corrected chi connectivity index (χ3v) is 4.22. The second-order valence-corrected chi connectivity index (χ2v) is 6.27. The molecule has 0 spiro atoms. The summed E-state index contributed by atoms with van der Waals surface area (Å²) in [6.45, 7) is 5.92. The first-order chi connectivity index (χ1) is 10.9. The van der Waals surface area contributed by atoms with Crippen molar-refractivity contribution in [2.45, 2.75) is 33.3 Å². The smallest absolute Gasteiger partial charge is 0.223 e. The Hall–Kier alpha value is -1.85. The molecule has 3 N–H and O–H groups in total. The summed E-state index contributed by atoms with van der Waals surface area (Å²) in [6, 6.07) is 6.94. The van der Waals surface area contributed by atoms with Crippen molar-refractivity contribution in [3.8, 4) is 0 Å². The number of aliphatic hydroxyl groups is 1. The summed E-state index contributed by atoms with van der Waals surface area (Å²) in [5.41, 5.74) is 3.71. The van der Waals surface area contributed by atoms with Crippen LogP contribution in [0.1, 0.15) is 35.5 Å². The summed E-state index contributed by atoms with van der Waals surface area (Å²) in [6.07, 6.45) is -0.127. The van der Waals surface area contributed by atoms with Crippen molar-refractivity contribution in [2.75, 3.05) is 6.54 Å². The zero-order valence-electron chi connectivity index (χ0n) is 13.6. The van der Waals surface area contributed by atoms with Crippen molar-refractivity contribution >= 4 is 17.5 Å². The molecule has 2 rings (SSSR count). The number of aryl methyl sites for hydroxylation is 2. The predicted octanol–water partition coefficient (Wildman–Crippen LogP) is 2.71. The normalized spacial score (nSPS) is 13.6. The van der Waals surface area contributed by atoms with Crippen LogP contribution < -0.4 is 5.32 Å². The Bertz CT molecular complexity index is 647. The molecule has 1 aromatic carbocycles. The third-order valence-electron chi connectivity index (χ3n) is 3.96. The first-order valence-electron chi connectivity index (χ1n) is 7.60. The summed E-state index contributed by atoms with van der Waals surface area (Å²) in [5.74, 6) is -0.277. The van der Waals surface area contributed by atoms with Gasteiger partial charge in [0.05, 0.1) is 11.8 Å². The van der Waals surface area contributed by atoms with Crippen molar-refractivity contribution in [3.63, 3.8) is 0 Å². The number of amides is 1. The fourth-order valence-electron chi connectivity index (χ4n) is 2.45. The zero-order valence-corrected chi connectivity index (χ0v) is 14.3. The molecule has 124 valence electrons. The number of hydrogen-bond acceptors (Lipinski definition) is 3. The van der Waals surface area contributed by atoms with E-state index in [1.807, 2.05) is 20.8 Å². The minimum Gasteiger partial charge on any atom is -0.387 e. The highest BCUT2D eigenvalue weighted by molar-refractivity contribution is 6.30. The summed E-state index contributed by atoms with van der Waals surface area (Å²) < 4.78 is 0. The summed E-state index contributed by atoms with van der Waals surface area (Å²) >= 11 is 5.82. The SMILES string of the molecule is Cc1n[nH]c(C)c1C[C@H](C)C(=O)NC[C@H](O)c1ccc(Cl)cc1. The van der Waals surface area contributed by atoms with Crippen LogP contribution in [-0.2, 0) is 11.2 Å². The van der Waals surface area contributed by atoms with Gasteiger partial charge in [0.2, 0.25) is 5.91 Å². The molecule has 0 bridgehead atoms. The zero-order chi connectivity index (χ0) is 17.0. The molecule has 0 fully saturated rings. The molecule has 2 aromatic rings. The Kier molecular flexibility index (Phi) is 5.80. The van der Waals surface area contributed by atoms with Gasteiger partial charge in [-0.2, -0.15) is 5.10 Å². The second-order valence-electron chi connectivity index (χ2n) is 5.83. The summed E-state index contributed by atoms with van der Waals surface area (Å²) in [7, 11) is 0. The largest absolute Gasteiger partial charge is 0.387 e. The minimum atomic E-state index is -0.749. The van der Waals surface area contributed by atoms with Crippen molar-refractivity contribution in [3.05, 3.63) is 51.8 Å². The van der Waals surface area contributed by atoms with Crippen LogP contribution in [0.15, 0.2) is 24.3 Å². The Balaban J connectivity index is 1.87. The van der Waals surface area contributed by atoms with Gasteiger partial charge in [0.25, 0.3) is 0 Å². The lowest BCUT2D eigenvalue weighted by molar-refractivity contribution is -0.124. The van der Waals surface area contributed by atoms with Gasteiger partial charge in [-0.3, -0.25) is 9.89 Å². The quantitative estimate of drug-likeness (QED) is 0.759. The van der Waals surface area contributed by atoms with Gasteiger partial charge in [0, 0.05) is 23.2 Å². The van der Waals surface area contributed by atoms with Crippen LogP contribution in [0.25, 0.3) is 0 Å². The van der Waals surface area contributed by atoms with Crippen LogP contribution >= 0.6 is 11.6 Å². The van der Waals surface area contributed by atoms with Gasteiger partial charge in [0.1, 0.15) is 0 Å². The maximum absolute atomic E-state index is 12.2. The van der Waals surface area contributed by atoms with Crippen LogP contribution in [0, 0.1) is 19.8 Å². The van der Waals surface area contributed by atoms with Crippen LogP contribution in [0.4, 0.5) is 0 Å². The van der Waals surface area contributed by atoms with Crippen LogP contribution in [-0.4, -0.2) is 27.8 Å². The van der Waals surface area contributed by atoms with E-state index in [0.717, 1.165) is 22.5 Å². The number of aromatic nitrogens is 2. The summed E-state index contributed by atoms with van der Waals surface area (Å²) in [4.78, 5) is 12.2. The highest BCUT2D eigenvalue weighted by atomic mass is 35.5. The number of benzene rings is 1. The molecule has 2 atom stereocenters. The topological polar surface area (TPSA) is 78.0 Å². The number of nitrogens with zero attached hydrogens (tertiary/aromatic N) is 1. The van der Waals surface area contributed by atoms with E-state index in [0.29, 0.717) is 11.4 Å². The predicted molar refractivity (Wildman–Crippen MR) is 90.4 cm³/mol. The molecule has 0 aliphatic carbocycles. The molecular formula is C17H22ClN3O2. The fourth-order valence-corrected chi connectivity index (χ4v) is 2.57. The molecule has 0 saturated heterocycles. The second kappa shape index (κ2) is 7.62. The van der Waals surface area contributed by atoms with Crippen LogP contribution in [0.3, 0.4) is 0 Å². The number of carbonyl (C=O) groups excluding carboxylic acids is 1. The Morgan fingerprint density at radius 3 is 2.57 bits per heavy atom. The number of rotatable bonds is 6.